The van der Waals surface area contributed by atoms with Crippen LogP contribution in [0.1, 0.15) is 24.2 Å². The maximum atomic E-state index is 6.23. The first-order valence-electron chi connectivity index (χ1n) is 7.08. The molecule has 0 aliphatic carbocycles. The van der Waals surface area contributed by atoms with Crippen molar-refractivity contribution in [1.82, 2.24) is 4.90 Å². The molecule has 1 unspecified atom stereocenters. The number of hydrogen-bond donors (Lipinski definition) is 1. The van der Waals surface area contributed by atoms with Crippen molar-refractivity contribution in [3.05, 3.63) is 59.7 Å². The van der Waals surface area contributed by atoms with Crippen molar-refractivity contribution in [2.24, 2.45) is 0 Å². The van der Waals surface area contributed by atoms with Gasteiger partial charge < -0.3 is 10.5 Å². The van der Waals surface area contributed by atoms with Gasteiger partial charge in [-0.3, -0.25) is 4.90 Å². The van der Waals surface area contributed by atoms with E-state index in [9.17, 15) is 0 Å². The van der Waals surface area contributed by atoms with Crippen molar-refractivity contribution in [3.63, 3.8) is 0 Å². The van der Waals surface area contributed by atoms with E-state index in [1.165, 1.54) is 11.1 Å². The first kappa shape index (κ1) is 13.0. The van der Waals surface area contributed by atoms with Gasteiger partial charge in [0.2, 0.25) is 0 Å². The van der Waals surface area contributed by atoms with Crippen LogP contribution < -0.4 is 10.5 Å². The van der Waals surface area contributed by atoms with Gasteiger partial charge in [0, 0.05) is 24.3 Å². The number of para-hydroxylation sites is 1. The third-order valence-electron chi connectivity index (χ3n) is 3.82. The Morgan fingerprint density at radius 2 is 1.90 bits per heavy atom. The van der Waals surface area contributed by atoms with Crippen molar-refractivity contribution in [2.75, 3.05) is 18.8 Å². The van der Waals surface area contributed by atoms with Crippen LogP contribution in [-0.4, -0.2) is 18.0 Å². The number of benzene rings is 2. The molecule has 1 atom stereocenters. The van der Waals surface area contributed by atoms with Gasteiger partial charge in [0.1, 0.15) is 11.9 Å². The first-order chi connectivity index (χ1) is 9.76. The summed E-state index contributed by atoms with van der Waals surface area (Å²) in [6.45, 7) is 5.05. The zero-order valence-corrected chi connectivity index (χ0v) is 11.8. The minimum Gasteiger partial charge on any atom is -0.484 e. The SMILES string of the molecule is CCN1Cc2ccccc2OC(c2ccc(N)cc2)C1. The Bertz CT molecular complexity index is 580. The summed E-state index contributed by atoms with van der Waals surface area (Å²) in [5.41, 5.74) is 8.99. The summed E-state index contributed by atoms with van der Waals surface area (Å²) >= 11 is 0. The molecule has 0 radical (unpaired) electrons. The van der Waals surface area contributed by atoms with Gasteiger partial charge in [0.25, 0.3) is 0 Å². The highest BCUT2D eigenvalue weighted by atomic mass is 16.5. The largest absolute Gasteiger partial charge is 0.484 e. The smallest absolute Gasteiger partial charge is 0.136 e. The molecule has 2 aromatic carbocycles. The van der Waals surface area contributed by atoms with Crippen LogP contribution in [0.5, 0.6) is 5.75 Å². The van der Waals surface area contributed by atoms with Gasteiger partial charge in [0.15, 0.2) is 0 Å². The van der Waals surface area contributed by atoms with E-state index in [2.05, 4.69) is 42.2 Å². The monoisotopic (exact) mass is 268 g/mol. The lowest BCUT2D eigenvalue weighted by molar-refractivity contribution is 0.152. The standard InChI is InChI=1S/C17H20N2O/c1-2-19-11-14-5-3-4-6-16(14)20-17(12-19)13-7-9-15(18)10-8-13/h3-10,17H,2,11-12,18H2,1H3. The minimum absolute atomic E-state index is 0.0548. The van der Waals surface area contributed by atoms with Crippen LogP contribution in [-0.2, 0) is 6.54 Å². The molecule has 3 heteroatoms. The molecule has 0 amide bonds. The number of ether oxygens (including phenoxy) is 1. The summed E-state index contributed by atoms with van der Waals surface area (Å²) in [7, 11) is 0. The molecule has 0 bridgehead atoms. The summed E-state index contributed by atoms with van der Waals surface area (Å²) in [5, 5.41) is 0. The fourth-order valence-electron chi connectivity index (χ4n) is 2.60. The van der Waals surface area contributed by atoms with Gasteiger partial charge in [-0.05, 0) is 30.3 Å². The summed E-state index contributed by atoms with van der Waals surface area (Å²) in [5.74, 6) is 0.991. The summed E-state index contributed by atoms with van der Waals surface area (Å²) < 4.78 is 6.23. The molecule has 20 heavy (non-hydrogen) atoms. The number of nitrogens with zero attached hydrogens (tertiary/aromatic N) is 1. The van der Waals surface area contributed by atoms with Crippen molar-refractivity contribution < 1.29 is 4.74 Å². The molecular weight excluding hydrogens is 248 g/mol. The predicted molar refractivity (Wildman–Crippen MR) is 81.6 cm³/mol. The van der Waals surface area contributed by atoms with Gasteiger partial charge in [-0.25, -0.2) is 0 Å². The molecule has 0 aromatic heterocycles. The second-order valence-corrected chi connectivity index (χ2v) is 5.21. The third-order valence-corrected chi connectivity index (χ3v) is 3.82. The zero-order chi connectivity index (χ0) is 13.9. The van der Waals surface area contributed by atoms with Crippen LogP contribution in [0.15, 0.2) is 48.5 Å². The Balaban J connectivity index is 1.93. The number of fused-ring (bicyclic) bond motifs is 1. The quantitative estimate of drug-likeness (QED) is 0.850. The highest BCUT2D eigenvalue weighted by Gasteiger charge is 2.23. The zero-order valence-electron chi connectivity index (χ0n) is 11.8. The minimum atomic E-state index is 0.0548. The van der Waals surface area contributed by atoms with Gasteiger partial charge in [0.05, 0.1) is 0 Å². The summed E-state index contributed by atoms with van der Waals surface area (Å²) in [6.07, 6.45) is 0.0548. The van der Waals surface area contributed by atoms with Gasteiger partial charge in [-0.15, -0.1) is 0 Å². The number of nitrogens with two attached hydrogens (primary N) is 1. The molecule has 0 spiro atoms. The second kappa shape index (κ2) is 5.55. The van der Waals surface area contributed by atoms with Crippen LogP contribution in [0.25, 0.3) is 0 Å². The average Bonchev–Trinajstić information content (AvgIpc) is 2.67. The molecule has 0 saturated heterocycles. The lowest BCUT2D eigenvalue weighted by atomic mass is 10.1. The molecule has 3 rings (SSSR count). The summed E-state index contributed by atoms with van der Waals surface area (Å²) in [6, 6.07) is 16.3. The molecule has 3 nitrogen and oxygen atoms in total. The molecule has 1 aliphatic heterocycles. The number of anilines is 1. The van der Waals surface area contributed by atoms with E-state index in [0.29, 0.717) is 0 Å². The van der Waals surface area contributed by atoms with Crippen molar-refractivity contribution >= 4 is 5.69 Å². The van der Waals surface area contributed by atoms with Crippen molar-refractivity contribution in [2.45, 2.75) is 19.6 Å². The normalized spacial score (nSPS) is 18.9. The van der Waals surface area contributed by atoms with E-state index in [0.717, 1.165) is 31.1 Å². The second-order valence-electron chi connectivity index (χ2n) is 5.21. The van der Waals surface area contributed by atoms with Gasteiger partial charge in [-0.1, -0.05) is 37.3 Å². The highest BCUT2D eigenvalue weighted by molar-refractivity contribution is 5.41. The van der Waals surface area contributed by atoms with E-state index in [1.54, 1.807) is 0 Å². The van der Waals surface area contributed by atoms with Crippen LogP contribution in [0.2, 0.25) is 0 Å². The van der Waals surface area contributed by atoms with Gasteiger partial charge >= 0.3 is 0 Å². The maximum absolute atomic E-state index is 6.23. The van der Waals surface area contributed by atoms with Gasteiger partial charge in [-0.2, -0.15) is 0 Å². The predicted octanol–water partition coefficient (Wildman–Crippen LogP) is 3.22. The van der Waals surface area contributed by atoms with Crippen LogP contribution in [0.4, 0.5) is 5.69 Å². The number of rotatable bonds is 2. The third kappa shape index (κ3) is 2.63. The van der Waals surface area contributed by atoms with Crippen LogP contribution in [0.3, 0.4) is 0 Å². The molecule has 0 saturated carbocycles. The molecule has 0 fully saturated rings. The summed E-state index contributed by atoms with van der Waals surface area (Å²) in [4.78, 5) is 2.41. The van der Waals surface area contributed by atoms with E-state index < -0.39 is 0 Å². The van der Waals surface area contributed by atoms with Crippen molar-refractivity contribution in [1.29, 1.82) is 0 Å². The maximum Gasteiger partial charge on any atom is 0.136 e. The molecule has 2 aromatic rings. The Hall–Kier alpha value is -2.00. The Kier molecular flexibility index (Phi) is 3.61. The molecule has 2 N–H and O–H groups in total. The number of likely N-dealkylation sites (N-methyl/N-ethyl adjacent to an activating group) is 1. The van der Waals surface area contributed by atoms with Crippen LogP contribution >= 0.6 is 0 Å². The molecule has 1 heterocycles. The Labute approximate surface area is 120 Å². The van der Waals surface area contributed by atoms with E-state index in [1.807, 2.05) is 18.2 Å². The van der Waals surface area contributed by atoms with Crippen LogP contribution in [0, 0.1) is 0 Å². The van der Waals surface area contributed by atoms with E-state index in [4.69, 9.17) is 10.5 Å². The molecule has 1 aliphatic rings. The van der Waals surface area contributed by atoms with Crippen molar-refractivity contribution in [3.8, 4) is 5.75 Å². The Morgan fingerprint density at radius 3 is 2.65 bits per heavy atom. The number of nitrogen functional groups attached to an aromatic ring is 1. The lowest BCUT2D eigenvalue weighted by Crippen LogP contribution is -2.27. The fourth-order valence-corrected chi connectivity index (χ4v) is 2.60. The average molecular weight is 268 g/mol. The lowest BCUT2D eigenvalue weighted by Gasteiger charge is -2.22. The Morgan fingerprint density at radius 1 is 1.15 bits per heavy atom. The highest BCUT2D eigenvalue weighted by Crippen LogP contribution is 2.31. The van der Waals surface area contributed by atoms with E-state index in [-0.39, 0.29) is 6.10 Å². The first-order valence-corrected chi connectivity index (χ1v) is 7.08. The van der Waals surface area contributed by atoms with E-state index >= 15 is 0 Å². The molecular formula is C17H20N2O. The number of hydrogen-bond acceptors (Lipinski definition) is 3. The molecule has 104 valence electrons. The topological polar surface area (TPSA) is 38.5 Å². The fraction of sp³-hybridized carbons (Fsp3) is 0.294.